The maximum atomic E-state index is 13.6. The molecule has 0 bridgehead atoms. The molecule has 3 aromatic carbocycles. The van der Waals surface area contributed by atoms with Gasteiger partial charge in [0.2, 0.25) is 0 Å². The van der Waals surface area contributed by atoms with E-state index in [0.29, 0.717) is 28.4 Å². The molecule has 1 aromatic heterocycles. The molecule has 4 aromatic rings. The number of thiazole rings is 1. The molecule has 34 heavy (non-hydrogen) atoms. The lowest BCUT2D eigenvalue weighted by atomic mass is 10.0. The number of carbonyl (C=O) groups is 2. The second kappa shape index (κ2) is 10.3. The monoisotopic (exact) mass is 471 g/mol. The molecule has 5 nitrogen and oxygen atoms in total. The average molecular weight is 472 g/mol. The summed E-state index contributed by atoms with van der Waals surface area (Å²) in [4.78, 5) is 35.1. The summed E-state index contributed by atoms with van der Waals surface area (Å²) in [5.74, 6) is -0.162. The van der Waals surface area contributed by atoms with Gasteiger partial charge in [-0.05, 0) is 70.2 Å². The van der Waals surface area contributed by atoms with Gasteiger partial charge in [0.1, 0.15) is 0 Å². The number of rotatable bonds is 8. The molecule has 1 heterocycles. The highest BCUT2D eigenvalue weighted by Crippen LogP contribution is 2.32. The number of aryl methyl sites for hydroxylation is 2. The number of nitrogens with zero attached hydrogens (tertiary/aromatic N) is 3. The summed E-state index contributed by atoms with van der Waals surface area (Å²) < 4.78 is 1.08. The summed E-state index contributed by atoms with van der Waals surface area (Å²) in [5, 5.41) is 0.705. The largest absolute Gasteiger partial charge is 0.309 e. The molecule has 0 aliphatic carbocycles. The van der Waals surface area contributed by atoms with Gasteiger partial charge in [0, 0.05) is 23.2 Å². The maximum Gasteiger partial charge on any atom is 0.260 e. The van der Waals surface area contributed by atoms with E-state index < -0.39 is 0 Å². The molecule has 174 valence electrons. The van der Waals surface area contributed by atoms with Crippen LogP contribution >= 0.6 is 11.3 Å². The highest BCUT2D eigenvalue weighted by molar-refractivity contribution is 7.22. The Labute approximate surface area is 204 Å². The summed E-state index contributed by atoms with van der Waals surface area (Å²) in [7, 11) is 4.05. The fourth-order valence-electron chi connectivity index (χ4n) is 3.84. The summed E-state index contributed by atoms with van der Waals surface area (Å²) in [6.45, 7) is 5.59. The summed E-state index contributed by atoms with van der Waals surface area (Å²) in [6.07, 6.45) is 0.831. The van der Waals surface area contributed by atoms with Crippen LogP contribution in [0.1, 0.15) is 43.8 Å². The van der Waals surface area contributed by atoms with E-state index >= 15 is 0 Å². The molecule has 0 aliphatic rings. The topological polar surface area (TPSA) is 53.5 Å². The first-order valence-corrected chi connectivity index (χ1v) is 12.2. The number of benzene rings is 3. The quantitative estimate of drug-likeness (QED) is 0.307. The molecule has 0 radical (unpaired) electrons. The van der Waals surface area contributed by atoms with Gasteiger partial charge in [-0.25, -0.2) is 4.98 Å². The molecule has 0 N–H and O–H groups in total. The van der Waals surface area contributed by atoms with Gasteiger partial charge in [0.25, 0.3) is 5.91 Å². The maximum absolute atomic E-state index is 13.6. The van der Waals surface area contributed by atoms with Crippen LogP contribution in [0.3, 0.4) is 0 Å². The van der Waals surface area contributed by atoms with Crippen LogP contribution in [0.15, 0.2) is 66.7 Å². The summed E-state index contributed by atoms with van der Waals surface area (Å²) in [5.41, 5.74) is 5.02. The Morgan fingerprint density at radius 1 is 0.824 bits per heavy atom. The first-order chi connectivity index (χ1) is 16.3. The Morgan fingerprint density at radius 3 is 2.15 bits per heavy atom. The molecule has 0 fully saturated rings. The highest BCUT2D eigenvalue weighted by atomic mass is 32.1. The predicted octanol–water partition coefficient (Wildman–Crippen LogP) is 5.74. The Balaban J connectivity index is 1.63. The molecule has 0 atom stereocenters. The standard InChI is InChI=1S/C28H29N3O2S/c1-19-11-16-24-25(20(19)2)29-28(34-24)31(18-8-17-30(3)4)27(33)23-14-12-22(13-15-23)26(32)21-9-6-5-7-10-21/h5-7,9-16H,8,17-18H2,1-4H3. The molecule has 0 aliphatic heterocycles. The minimum absolute atomic E-state index is 0.0561. The van der Waals surface area contributed by atoms with Gasteiger partial charge >= 0.3 is 0 Å². The number of hydrogen-bond donors (Lipinski definition) is 0. The second-order valence-electron chi connectivity index (χ2n) is 8.74. The molecule has 0 spiro atoms. The van der Waals surface area contributed by atoms with Crippen LogP contribution < -0.4 is 4.90 Å². The van der Waals surface area contributed by atoms with Gasteiger partial charge in [-0.1, -0.05) is 59.9 Å². The molecule has 0 saturated carbocycles. The van der Waals surface area contributed by atoms with Crippen molar-refractivity contribution in [1.82, 2.24) is 9.88 Å². The Bertz CT molecular complexity index is 1310. The van der Waals surface area contributed by atoms with Crippen LogP contribution in [0, 0.1) is 13.8 Å². The first kappa shape index (κ1) is 23.8. The highest BCUT2D eigenvalue weighted by Gasteiger charge is 2.22. The van der Waals surface area contributed by atoms with E-state index in [9.17, 15) is 9.59 Å². The number of anilines is 1. The number of carbonyl (C=O) groups excluding carboxylic acids is 2. The first-order valence-electron chi connectivity index (χ1n) is 11.4. The fraction of sp³-hybridized carbons (Fsp3) is 0.250. The molecule has 1 amide bonds. The van der Waals surface area contributed by atoms with Crippen molar-refractivity contribution in [2.24, 2.45) is 0 Å². The average Bonchev–Trinajstić information content (AvgIpc) is 3.28. The van der Waals surface area contributed by atoms with Crippen molar-refractivity contribution in [2.75, 3.05) is 32.1 Å². The van der Waals surface area contributed by atoms with Crippen LogP contribution in [0.25, 0.3) is 10.2 Å². The van der Waals surface area contributed by atoms with Crippen molar-refractivity contribution in [2.45, 2.75) is 20.3 Å². The van der Waals surface area contributed by atoms with Gasteiger partial charge in [0.05, 0.1) is 10.2 Å². The Kier molecular flexibility index (Phi) is 7.20. The SMILES string of the molecule is Cc1ccc2sc(N(CCCN(C)C)C(=O)c3ccc(C(=O)c4ccccc4)cc3)nc2c1C. The fourth-order valence-corrected chi connectivity index (χ4v) is 4.88. The lowest BCUT2D eigenvalue weighted by Crippen LogP contribution is -2.33. The van der Waals surface area contributed by atoms with Crippen LogP contribution in [0.4, 0.5) is 5.13 Å². The van der Waals surface area contributed by atoms with Crippen molar-refractivity contribution >= 4 is 38.4 Å². The normalized spacial score (nSPS) is 11.2. The van der Waals surface area contributed by atoms with E-state index in [1.165, 1.54) is 5.56 Å². The molecular weight excluding hydrogens is 442 g/mol. The minimum atomic E-state index is -0.106. The van der Waals surface area contributed by atoms with E-state index in [4.69, 9.17) is 4.98 Å². The predicted molar refractivity (Wildman–Crippen MR) is 140 cm³/mol. The summed E-state index contributed by atoms with van der Waals surface area (Å²) >= 11 is 1.54. The second-order valence-corrected chi connectivity index (χ2v) is 9.75. The van der Waals surface area contributed by atoms with Gasteiger partial charge in [-0.15, -0.1) is 0 Å². The lowest BCUT2D eigenvalue weighted by Gasteiger charge is -2.21. The third kappa shape index (κ3) is 5.08. The van der Waals surface area contributed by atoms with Crippen LogP contribution in [-0.2, 0) is 0 Å². The van der Waals surface area contributed by atoms with E-state index in [1.807, 2.05) is 32.3 Å². The number of hydrogen-bond acceptors (Lipinski definition) is 5. The van der Waals surface area contributed by atoms with Gasteiger partial charge in [-0.3, -0.25) is 14.5 Å². The molecule has 4 rings (SSSR count). The molecule has 6 heteroatoms. The minimum Gasteiger partial charge on any atom is -0.309 e. The van der Waals surface area contributed by atoms with Gasteiger partial charge in [-0.2, -0.15) is 0 Å². The van der Waals surface area contributed by atoms with Crippen molar-refractivity contribution in [3.8, 4) is 0 Å². The van der Waals surface area contributed by atoms with Crippen molar-refractivity contribution in [3.63, 3.8) is 0 Å². The zero-order valence-electron chi connectivity index (χ0n) is 20.0. The number of aromatic nitrogens is 1. The number of fused-ring (bicyclic) bond motifs is 1. The van der Waals surface area contributed by atoms with Crippen molar-refractivity contribution < 1.29 is 9.59 Å². The zero-order valence-corrected chi connectivity index (χ0v) is 20.9. The van der Waals surface area contributed by atoms with E-state index in [1.54, 1.807) is 52.6 Å². The van der Waals surface area contributed by atoms with E-state index in [2.05, 4.69) is 30.9 Å². The van der Waals surface area contributed by atoms with Crippen LogP contribution in [0.5, 0.6) is 0 Å². The van der Waals surface area contributed by atoms with Crippen molar-refractivity contribution in [3.05, 3.63) is 94.5 Å². The smallest absolute Gasteiger partial charge is 0.260 e. The Morgan fingerprint density at radius 2 is 1.47 bits per heavy atom. The Hall–Kier alpha value is -3.35. The van der Waals surface area contributed by atoms with E-state index in [-0.39, 0.29) is 11.7 Å². The van der Waals surface area contributed by atoms with Crippen LogP contribution in [0.2, 0.25) is 0 Å². The number of amides is 1. The van der Waals surface area contributed by atoms with E-state index in [0.717, 1.165) is 28.7 Å². The molecule has 0 unspecified atom stereocenters. The van der Waals surface area contributed by atoms with Gasteiger partial charge < -0.3 is 4.90 Å². The molecule has 0 saturated heterocycles. The lowest BCUT2D eigenvalue weighted by molar-refractivity contribution is 0.0983. The third-order valence-electron chi connectivity index (χ3n) is 5.97. The third-order valence-corrected chi connectivity index (χ3v) is 7.01. The summed E-state index contributed by atoms with van der Waals surface area (Å²) in [6, 6.07) is 20.3. The van der Waals surface area contributed by atoms with Crippen molar-refractivity contribution in [1.29, 1.82) is 0 Å². The zero-order chi connectivity index (χ0) is 24.2. The number of ketones is 1. The molecular formula is C28H29N3O2S. The van der Waals surface area contributed by atoms with Crippen LogP contribution in [-0.4, -0.2) is 48.8 Å². The van der Waals surface area contributed by atoms with Gasteiger partial charge in [0.15, 0.2) is 10.9 Å².